The highest BCUT2D eigenvalue weighted by atomic mass is 35.5. The Kier molecular flexibility index (Phi) is 3.58. The molecular formula is C11H11Cl2NO3S. The van der Waals surface area contributed by atoms with E-state index < -0.39 is 15.9 Å². The van der Waals surface area contributed by atoms with Crippen LogP contribution in [0.2, 0.25) is 10.0 Å². The summed E-state index contributed by atoms with van der Waals surface area (Å²) in [6.45, 7) is 0. The molecule has 0 spiro atoms. The van der Waals surface area contributed by atoms with E-state index in [1.807, 2.05) is 4.72 Å². The number of nitrogens with one attached hydrogen (secondary N) is 1. The Hall–Kier alpha value is -0.780. The summed E-state index contributed by atoms with van der Waals surface area (Å²) in [6.07, 6.45) is 1.54. The molecule has 4 nitrogen and oxygen atoms in total. The van der Waals surface area contributed by atoms with Crippen molar-refractivity contribution in [1.29, 1.82) is 0 Å². The van der Waals surface area contributed by atoms with Crippen molar-refractivity contribution in [2.24, 2.45) is 5.92 Å². The smallest absolute Gasteiger partial charge is 0.237 e. The quantitative estimate of drug-likeness (QED) is 0.931. The first kappa shape index (κ1) is 13.6. The Labute approximate surface area is 115 Å². The summed E-state index contributed by atoms with van der Waals surface area (Å²) in [4.78, 5) is 11.6. The van der Waals surface area contributed by atoms with E-state index in [1.54, 1.807) is 18.2 Å². The molecule has 0 saturated heterocycles. The molecule has 1 aliphatic rings. The van der Waals surface area contributed by atoms with Crippen molar-refractivity contribution in [1.82, 2.24) is 4.72 Å². The van der Waals surface area contributed by atoms with Crippen LogP contribution in [0.4, 0.5) is 0 Å². The maximum Gasteiger partial charge on any atom is 0.237 e. The molecule has 1 saturated carbocycles. The number of halogens is 2. The lowest BCUT2D eigenvalue weighted by molar-refractivity contribution is -0.120. The predicted octanol–water partition coefficient (Wildman–Crippen LogP) is 2.17. The topological polar surface area (TPSA) is 63.2 Å². The molecule has 0 bridgehead atoms. The zero-order valence-corrected chi connectivity index (χ0v) is 11.8. The van der Waals surface area contributed by atoms with Crippen molar-refractivity contribution in [3.63, 3.8) is 0 Å². The summed E-state index contributed by atoms with van der Waals surface area (Å²) in [5.74, 6) is -0.896. The van der Waals surface area contributed by atoms with Crippen LogP contribution in [0, 0.1) is 5.92 Å². The largest absolute Gasteiger partial charge is 0.274 e. The van der Waals surface area contributed by atoms with E-state index in [4.69, 9.17) is 23.2 Å². The Morgan fingerprint density at radius 1 is 1.39 bits per heavy atom. The molecule has 0 radical (unpaired) electrons. The van der Waals surface area contributed by atoms with Gasteiger partial charge in [0.25, 0.3) is 0 Å². The van der Waals surface area contributed by atoms with Gasteiger partial charge in [-0.15, -0.1) is 0 Å². The van der Waals surface area contributed by atoms with Gasteiger partial charge in [0.15, 0.2) is 0 Å². The summed E-state index contributed by atoms with van der Waals surface area (Å²) < 4.78 is 23.9. The number of benzene rings is 1. The third-order valence-corrected chi connectivity index (χ3v) is 4.20. The number of carbonyl (C=O) groups excluding carboxylic acids is 1. The molecule has 2 rings (SSSR count). The Morgan fingerprint density at radius 2 is 2.06 bits per heavy atom. The normalized spacial score (nSPS) is 22.6. The van der Waals surface area contributed by atoms with Gasteiger partial charge in [-0.3, -0.25) is 9.52 Å². The average molecular weight is 308 g/mol. The lowest BCUT2D eigenvalue weighted by Gasteiger charge is -2.05. The van der Waals surface area contributed by atoms with Crippen LogP contribution in [0.15, 0.2) is 18.2 Å². The predicted molar refractivity (Wildman–Crippen MR) is 70.3 cm³/mol. The van der Waals surface area contributed by atoms with Gasteiger partial charge in [0.2, 0.25) is 15.9 Å². The molecule has 1 aliphatic carbocycles. The minimum atomic E-state index is -3.51. The molecule has 7 heteroatoms. The van der Waals surface area contributed by atoms with Crippen molar-refractivity contribution >= 4 is 39.1 Å². The Morgan fingerprint density at radius 3 is 2.67 bits per heavy atom. The number of rotatable bonds is 3. The highest BCUT2D eigenvalue weighted by Crippen LogP contribution is 2.50. The molecule has 2 atom stereocenters. The first-order valence-electron chi connectivity index (χ1n) is 5.25. The number of carbonyl (C=O) groups is 1. The van der Waals surface area contributed by atoms with E-state index in [9.17, 15) is 13.2 Å². The van der Waals surface area contributed by atoms with Crippen LogP contribution in [-0.4, -0.2) is 20.6 Å². The standard InChI is InChI=1S/C11H11Cl2NO3S/c1-18(16,17)14-11(15)8-5-7(8)6-3-2-4-9(12)10(6)13/h2-4,7-8H,5H2,1H3,(H,14,15). The van der Waals surface area contributed by atoms with Crippen molar-refractivity contribution in [3.8, 4) is 0 Å². The molecule has 1 fully saturated rings. The molecule has 1 amide bonds. The van der Waals surface area contributed by atoms with E-state index >= 15 is 0 Å². The van der Waals surface area contributed by atoms with Gasteiger partial charge in [-0.2, -0.15) is 0 Å². The number of hydrogen-bond acceptors (Lipinski definition) is 3. The van der Waals surface area contributed by atoms with Gasteiger partial charge in [0, 0.05) is 5.92 Å². The fourth-order valence-electron chi connectivity index (χ4n) is 1.89. The summed E-state index contributed by atoms with van der Waals surface area (Å²) >= 11 is 11.9. The molecule has 1 aromatic rings. The first-order chi connectivity index (χ1) is 8.29. The summed E-state index contributed by atoms with van der Waals surface area (Å²) in [5.41, 5.74) is 0.790. The molecule has 0 aliphatic heterocycles. The van der Waals surface area contributed by atoms with Crippen molar-refractivity contribution in [3.05, 3.63) is 33.8 Å². The maximum atomic E-state index is 11.6. The highest BCUT2D eigenvalue weighted by Gasteiger charge is 2.45. The fourth-order valence-corrected chi connectivity index (χ4v) is 2.86. The van der Waals surface area contributed by atoms with Gasteiger partial charge < -0.3 is 0 Å². The molecule has 18 heavy (non-hydrogen) atoms. The lowest BCUT2D eigenvalue weighted by atomic mass is 10.1. The molecular weight excluding hydrogens is 297 g/mol. The zero-order chi connectivity index (χ0) is 13.5. The van der Waals surface area contributed by atoms with Gasteiger partial charge in [-0.1, -0.05) is 35.3 Å². The zero-order valence-electron chi connectivity index (χ0n) is 9.48. The Bertz CT molecular complexity index is 600. The van der Waals surface area contributed by atoms with Crippen molar-refractivity contribution in [2.45, 2.75) is 12.3 Å². The van der Waals surface area contributed by atoms with E-state index in [0.717, 1.165) is 11.8 Å². The molecule has 0 heterocycles. The molecule has 1 N–H and O–H groups in total. The molecule has 1 aromatic carbocycles. The van der Waals surface area contributed by atoms with Gasteiger partial charge in [-0.05, 0) is 24.0 Å². The van der Waals surface area contributed by atoms with Crippen LogP contribution < -0.4 is 4.72 Å². The SMILES string of the molecule is CS(=O)(=O)NC(=O)C1CC1c1cccc(Cl)c1Cl. The van der Waals surface area contributed by atoms with Crippen LogP contribution in [-0.2, 0) is 14.8 Å². The van der Waals surface area contributed by atoms with Gasteiger partial charge in [0.05, 0.1) is 16.3 Å². The highest BCUT2D eigenvalue weighted by molar-refractivity contribution is 7.89. The third-order valence-electron chi connectivity index (χ3n) is 2.79. The second kappa shape index (κ2) is 4.72. The number of hydrogen-bond donors (Lipinski definition) is 1. The average Bonchev–Trinajstić information content (AvgIpc) is 2.99. The van der Waals surface area contributed by atoms with Crippen molar-refractivity contribution in [2.75, 3.05) is 6.26 Å². The van der Waals surface area contributed by atoms with E-state index in [1.165, 1.54) is 0 Å². The molecule has 2 unspecified atom stereocenters. The monoisotopic (exact) mass is 307 g/mol. The summed E-state index contributed by atoms with van der Waals surface area (Å²) in [5, 5.41) is 0.863. The van der Waals surface area contributed by atoms with E-state index in [-0.39, 0.29) is 11.8 Å². The number of amides is 1. The van der Waals surface area contributed by atoms with Gasteiger partial charge in [-0.25, -0.2) is 8.42 Å². The van der Waals surface area contributed by atoms with Crippen molar-refractivity contribution < 1.29 is 13.2 Å². The molecule has 0 aromatic heterocycles. The van der Waals surface area contributed by atoms with Crippen LogP contribution in [0.5, 0.6) is 0 Å². The van der Waals surface area contributed by atoms with E-state index in [2.05, 4.69) is 0 Å². The molecule has 98 valence electrons. The lowest BCUT2D eigenvalue weighted by Crippen LogP contribution is -2.30. The van der Waals surface area contributed by atoms with Crippen LogP contribution in [0.25, 0.3) is 0 Å². The number of sulfonamides is 1. The summed E-state index contributed by atoms with van der Waals surface area (Å²) in [6, 6.07) is 5.22. The van der Waals surface area contributed by atoms with Crippen LogP contribution >= 0.6 is 23.2 Å². The second-order valence-corrected chi connectivity index (χ2v) is 6.86. The van der Waals surface area contributed by atoms with Crippen LogP contribution in [0.3, 0.4) is 0 Å². The summed E-state index contributed by atoms with van der Waals surface area (Å²) in [7, 11) is -3.51. The third kappa shape index (κ3) is 2.96. The van der Waals surface area contributed by atoms with Crippen LogP contribution in [0.1, 0.15) is 17.9 Å². The van der Waals surface area contributed by atoms with E-state index in [0.29, 0.717) is 16.5 Å². The fraction of sp³-hybridized carbons (Fsp3) is 0.364. The minimum Gasteiger partial charge on any atom is -0.274 e. The Balaban J connectivity index is 2.12. The van der Waals surface area contributed by atoms with Gasteiger partial charge >= 0.3 is 0 Å². The van der Waals surface area contributed by atoms with Gasteiger partial charge in [0.1, 0.15) is 0 Å². The second-order valence-electron chi connectivity index (χ2n) is 4.33. The minimum absolute atomic E-state index is 0.0575. The first-order valence-corrected chi connectivity index (χ1v) is 7.90. The maximum absolute atomic E-state index is 11.6.